The molecular weight excluding hydrogens is 785 g/mol. The van der Waals surface area contributed by atoms with Gasteiger partial charge in [0.25, 0.3) is 17.1 Å². The molecular formula is C22H32N10O18P3+. The van der Waals surface area contributed by atoms with Crippen LogP contribution in [0.1, 0.15) is 12.5 Å². The maximum atomic E-state index is 12.6. The number of rotatable bonds is 13. The molecule has 31 heteroatoms. The Morgan fingerprint density at radius 2 is 1.47 bits per heavy atom. The zero-order chi connectivity index (χ0) is 38.8. The number of aryl methyl sites for hydroxylation is 1. The number of phosphoric acid groups is 3. The van der Waals surface area contributed by atoms with Gasteiger partial charge in [-0.15, -0.1) is 0 Å². The number of hydrogen-bond acceptors (Lipinski definition) is 20. The number of methoxy groups -OCH3 is 1. The average Bonchev–Trinajstić information content (AvgIpc) is 3.76. The number of H-pyrrole nitrogens is 2. The number of imidazole rings is 2. The van der Waals surface area contributed by atoms with Crippen LogP contribution in [0.15, 0.2) is 22.2 Å². The highest BCUT2D eigenvalue weighted by molar-refractivity contribution is 7.66. The smallest absolute Gasteiger partial charge is 0.387 e. The van der Waals surface area contributed by atoms with E-state index >= 15 is 0 Å². The number of aliphatic hydroxyl groups excluding tert-OH is 3. The molecule has 2 saturated heterocycles. The van der Waals surface area contributed by atoms with Crippen molar-refractivity contribution in [2.75, 3.05) is 31.8 Å². The van der Waals surface area contributed by atoms with Crippen molar-refractivity contribution >= 4 is 57.7 Å². The summed E-state index contributed by atoms with van der Waals surface area (Å²) in [5.74, 6) is -0.538. The summed E-state index contributed by atoms with van der Waals surface area (Å²) in [7, 11) is -14.7. The molecule has 6 heterocycles. The highest BCUT2D eigenvalue weighted by Crippen LogP contribution is 2.67. The highest BCUT2D eigenvalue weighted by atomic mass is 31.3. The zero-order valence-corrected chi connectivity index (χ0v) is 29.6. The third kappa shape index (κ3) is 7.85. The SMILES string of the molecule is CO[C@@H]1[C@H](O)[C@@H](COP(=O)(O)OP(=O)(O)OP(=O)(O)OC[C@H]2OC([n+]3cn(C)c4c(=O)[nH]c(N)nc43)[C@H](O)[C@@H]2O)O[C@H]1n1cnc2c(=O)[nH]c(N)nc21. The lowest BCUT2D eigenvalue weighted by Crippen LogP contribution is -2.46. The molecule has 0 aromatic carbocycles. The van der Waals surface area contributed by atoms with Crippen molar-refractivity contribution in [3.8, 4) is 0 Å². The summed E-state index contributed by atoms with van der Waals surface area (Å²) < 4.78 is 75.2. The number of nitrogen functional groups attached to an aromatic ring is 2. The third-order valence-corrected chi connectivity index (χ3v) is 12.2. The van der Waals surface area contributed by atoms with Gasteiger partial charge in [-0.2, -0.15) is 13.6 Å². The van der Waals surface area contributed by atoms with E-state index in [1.807, 2.05) is 0 Å². The fourth-order valence-corrected chi connectivity index (χ4v) is 9.20. The monoisotopic (exact) mass is 817 g/mol. The van der Waals surface area contributed by atoms with Crippen LogP contribution in [0.25, 0.3) is 22.3 Å². The molecule has 4 unspecified atom stereocenters. The van der Waals surface area contributed by atoms with Crippen molar-refractivity contribution in [2.45, 2.75) is 49.1 Å². The first-order chi connectivity index (χ1) is 24.7. The summed E-state index contributed by atoms with van der Waals surface area (Å²) in [6, 6.07) is 0. The van der Waals surface area contributed by atoms with Crippen LogP contribution in [0.2, 0.25) is 0 Å². The minimum absolute atomic E-state index is 0.0159. The highest BCUT2D eigenvalue weighted by Gasteiger charge is 2.50. The number of aromatic nitrogens is 8. The topological polar surface area (TPSA) is 407 Å². The van der Waals surface area contributed by atoms with Gasteiger partial charge >= 0.3 is 29.1 Å². The molecule has 28 nitrogen and oxygen atoms in total. The van der Waals surface area contributed by atoms with Crippen LogP contribution in [-0.4, -0.2) is 121 Å². The van der Waals surface area contributed by atoms with Crippen molar-refractivity contribution in [3.63, 3.8) is 0 Å². The summed E-state index contributed by atoms with van der Waals surface area (Å²) in [5.41, 5.74) is 9.67. The summed E-state index contributed by atoms with van der Waals surface area (Å²) in [6.07, 6.45) is -9.71. The first-order valence-electron chi connectivity index (χ1n) is 14.8. The molecule has 12 N–H and O–H groups in total. The lowest BCUT2D eigenvalue weighted by molar-refractivity contribution is -0.745. The number of nitrogens with one attached hydrogen (secondary N) is 2. The van der Waals surface area contributed by atoms with Crippen molar-refractivity contribution in [1.29, 1.82) is 0 Å². The van der Waals surface area contributed by atoms with Gasteiger partial charge in [-0.05, 0) is 0 Å². The van der Waals surface area contributed by atoms with Gasteiger partial charge in [0.1, 0.15) is 36.6 Å². The fourth-order valence-electron chi connectivity index (χ4n) is 5.67. The molecule has 0 amide bonds. The van der Waals surface area contributed by atoms with Crippen LogP contribution in [0.5, 0.6) is 0 Å². The largest absolute Gasteiger partial charge is 0.490 e. The molecule has 0 saturated carbocycles. The molecule has 2 fully saturated rings. The van der Waals surface area contributed by atoms with Gasteiger partial charge in [0, 0.05) is 7.11 Å². The molecule has 53 heavy (non-hydrogen) atoms. The van der Waals surface area contributed by atoms with E-state index in [1.165, 1.54) is 29.6 Å². The van der Waals surface area contributed by atoms with Crippen LogP contribution >= 0.6 is 23.5 Å². The van der Waals surface area contributed by atoms with Crippen LogP contribution in [0, 0.1) is 0 Å². The van der Waals surface area contributed by atoms with Gasteiger partial charge in [-0.25, -0.2) is 23.2 Å². The molecule has 0 spiro atoms. The number of ether oxygens (including phenoxy) is 3. The van der Waals surface area contributed by atoms with Crippen molar-refractivity contribution in [3.05, 3.63) is 33.4 Å². The second-order valence-corrected chi connectivity index (χ2v) is 16.1. The van der Waals surface area contributed by atoms with Gasteiger partial charge in [0.15, 0.2) is 23.7 Å². The molecule has 6 rings (SSSR count). The van der Waals surface area contributed by atoms with E-state index in [2.05, 4.69) is 42.6 Å². The molecule has 2 aliphatic rings. The fraction of sp³-hybridized carbons (Fsp3) is 0.545. The Morgan fingerprint density at radius 1 is 0.887 bits per heavy atom. The predicted octanol–water partition coefficient (Wildman–Crippen LogP) is -3.89. The third-order valence-electron chi connectivity index (χ3n) is 7.93. The van der Waals surface area contributed by atoms with Gasteiger partial charge in [-0.1, -0.05) is 4.98 Å². The molecule has 4 aromatic rings. The van der Waals surface area contributed by atoms with E-state index < -0.39 is 96.9 Å². The number of nitrogens with two attached hydrogens (primary N) is 2. The molecule has 4 aromatic heterocycles. The molecule has 11 atom stereocenters. The lowest BCUT2D eigenvalue weighted by atomic mass is 10.1. The average molecular weight is 817 g/mol. The van der Waals surface area contributed by atoms with E-state index in [9.17, 15) is 53.3 Å². The maximum Gasteiger partial charge on any atom is 0.490 e. The first kappa shape index (κ1) is 39.2. The molecule has 0 radical (unpaired) electrons. The Kier molecular flexibility index (Phi) is 10.6. The molecule has 292 valence electrons. The standard InChI is InChI=1S/C22H31N10O18P3/c1-30-6-32(16-10(30)18(37)29-22(24)27-16)19-13(35)11(33)7(47-19)3-45-51(38,39)49-53(42,43)50-52(40,41)46-4-8-12(34)14(44-2)20(48-8)31-5-25-9-15(31)26-21(23)28-17(9)36/h5-8,11-14,19-20,33-35H,3-4H2,1-2H3,(H8-,23,24,26,27,28,29,36,37,38,39,40,41,42,43)/p+1/t7-,8-,11-,12-,13-,14-,19?,20-/m1/s1. The van der Waals surface area contributed by atoms with E-state index in [1.54, 1.807) is 0 Å². The number of anilines is 2. The first-order valence-corrected chi connectivity index (χ1v) is 19.3. The minimum Gasteiger partial charge on any atom is -0.387 e. The number of nitrogens with zero attached hydrogens (tertiary/aromatic N) is 6. The zero-order valence-electron chi connectivity index (χ0n) is 26.9. The lowest BCUT2D eigenvalue weighted by Gasteiger charge is -2.21. The van der Waals surface area contributed by atoms with Gasteiger partial charge in [-0.3, -0.25) is 37.7 Å². The molecule has 0 aliphatic carbocycles. The summed E-state index contributed by atoms with van der Waals surface area (Å²) >= 11 is 0. The Hall–Kier alpha value is -3.53. The molecule has 2 aliphatic heterocycles. The Balaban J connectivity index is 1.06. The van der Waals surface area contributed by atoms with E-state index in [0.29, 0.717) is 0 Å². The summed E-state index contributed by atoms with van der Waals surface area (Å²) in [4.78, 5) is 71.1. The van der Waals surface area contributed by atoms with Crippen molar-refractivity contribution in [2.24, 2.45) is 7.05 Å². The normalized spacial score (nSPS) is 29.7. The second kappa shape index (κ2) is 14.3. The van der Waals surface area contributed by atoms with Gasteiger partial charge < -0.3 is 55.7 Å². The second-order valence-electron chi connectivity index (χ2n) is 11.5. The quantitative estimate of drug-likeness (QED) is 0.0455. The maximum absolute atomic E-state index is 12.6. The van der Waals surface area contributed by atoms with E-state index in [0.717, 1.165) is 10.9 Å². The Labute approximate surface area is 293 Å². The van der Waals surface area contributed by atoms with Crippen molar-refractivity contribution in [1.82, 2.24) is 34.1 Å². The summed E-state index contributed by atoms with van der Waals surface area (Å²) in [6.45, 7) is -2.08. The van der Waals surface area contributed by atoms with Crippen molar-refractivity contribution < 1.29 is 80.1 Å². The molecule has 0 bridgehead atoms. The van der Waals surface area contributed by atoms with Crippen LogP contribution < -0.4 is 27.2 Å². The minimum atomic E-state index is -5.98. The number of fused-ring (bicyclic) bond motifs is 2. The van der Waals surface area contributed by atoms with Crippen LogP contribution in [-0.2, 0) is 52.6 Å². The number of phosphoric ester groups is 2. The van der Waals surface area contributed by atoms with E-state index in [4.69, 9.17) is 25.7 Å². The van der Waals surface area contributed by atoms with Gasteiger partial charge in [0.2, 0.25) is 17.7 Å². The van der Waals surface area contributed by atoms with Crippen LogP contribution in [0.4, 0.5) is 11.9 Å². The van der Waals surface area contributed by atoms with Crippen LogP contribution in [0.3, 0.4) is 0 Å². The van der Waals surface area contributed by atoms with Gasteiger partial charge in [0.05, 0.1) is 26.6 Å². The number of aliphatic hydroxyl groups is 3. The summed E-state index contributed by atoms with van der Waals surface area (Å²) in [5, 5.41) is 31.9. The number of hydrogen-bond donors (Lipinski definition) is 10. The number of aromatic amines is 2. The van der Waals surface area contributed by atoms with E-state index in [-0.39, 0.29) is 34.2 Å². The Morgan fingerprint density at radius 3 is 2.09 bits per heavy atom. The predicted molar refractivity (Wildman–Crippen MR) is 169 cm³/mol. The Bertz CT molecular complexity index is 2300.